The standard InChI is InChI=1S/C20H20ClN3O2S/c1-13-3-6-16(11-14(13)2)19-23-24-20(26-19)27-12-18(25)22-10-9-15-4-7-17(21)8-5-15/h3-8,11H,9-10,12H2,1-2H3,(H,22,25). The molecule has 7 heteroatoms. The first-order valence-electron chi connectivity index (χ1n) is 8.56. The van der Waals surface area contributed by atoms with Gasteiger partial charge < -0.3 is 9.73 Å². The van der Waals surface area contributed by atoms with E-state index in [0.29, 0.717) is 22.7 Å². The van der Waals surface area contributed by atoms with E-state index in [1.165, 1.54) is 22.9 Å². The number of rotatable bonds is 7. The van der Waals surface area contributed by atoms with E-state index in [2.05, 4.69) is 22.4 Å². The molecule has 0 aliphatic heterocycles. The predicted molar refractivity (Wildman–Crippen MR) is 108 cm³/mol. The molecule has 1 amide bonds. The number of hydrogen-bond donors (Lipinski definition) is 1. The Bertz CT molecular complexity index is 925. The Morgan fingerprint density at radius 1 is 1.11 bits per heavy atom. The van der Waals surface area contributed by atoms with Crippen molar-refractivity contribution >= 4 is 29.3 Å². The van der Waals surface area contributed by atoms with E-state index in [4.69, 9.17) is 16.0 Å². The third kappa shape index (κ3) is 5.58. The zero-order chi connectivity index (χ0) is 19.2. The lowest BCUT2D eigenvalue weighted by atomic mass is 10.1. The minimum Gasteiger partial charge on any atom is -0.411 e. The molecule has 0 unspecified atom stereocenters. The number of nitrogens with one attached hydrogen (secondary N) is 1. The van der Waals surface area contributed by atoms with Crippen LogP contribution in [0.4, 0.5) is 0 Å². The molecule has 2 aromatic carbocycles. The van der Waals surface area contributed by atoms with E-state index >= 15 is 0 Å². The van der Waals surface area contributed by atoms with Gasteiger partial charge in [-0.15, -0.1) is 10.2 Å². The summed E-state index contributed by atoms with van der Waals surface area (Å²) in [6, 6.07) is 13.6. The van der Waals surface area contributed by atoms with Gasteiger partial charge in [-0.05, 0) is 61.2 Å². The number of aryl methyl sites for hydroxylation is 2. The molecule has 5 nitrogen and oxygen atoms in total. The summed E-state index contributed by atoms with van der Waals surface area (Å²) >= 11 is 7.09. The van der Waals surface area contributed by atoms with E-state index in [1.807, 2.05) is 49.4 Å². The number of hydrogen-bond acceptors (Lipinski definition) is 5. The molecular weight excluding hydrogens is 382 g/mol. The molecule has 0 aliphatic carbocycles. The summed E-state index contributed by atoms with van der Waals surface area (Å²) in [5.74, 6) is 0.624. The van der Waals surface area contributed by atoms with Gasteiger partial charge in [-0.3, -0.25) is 4.79 Å². The number of halogens is 1. The maximum Gasteiger partial charge on any atom is 0.277 e. The number of aromatic nitrogens is 2. The van der Waals surface area contributed by atoms with Gasteiger partial charge in [0.25, 0.3) is 5.22 Å². The second-order valence-electron chi connectivity index (χ2n) is 6.19. The van der Waals surface area contributed by atoms with E-state index < -0.39 is 0 Å². The van der Waals surface area contributed by atoms with Gasteiger partial charge in [0.15, 0.2) is 0 Å². The van der Waals surface area contributed by atoms with Crippen LogP contribution in [0.1, 0.15) is 16.7 Å². The van der Waals surface area contributed by atoms with E-state index in [-0.39, 0.29) is 11.7 Å². The molecule has 3 aromatic rings. The van der Waals surface area contributed by atoms with Crippen molar-refractivity contribution in [3.05, 3.63) is 64.2 Å². The molecule has 0 atom stereocenters. The normalized spacial score (nSPS) is 10.8. The van der Waals surface area contributed by atoms with Crippen molar-refractivity contribution in [3.8, 4) is 11.5 Å². The molecule has 0 fully saturated rings. The van der Waals surface area contributed by atoms with Crippen LogP contribution in [0.5, 0.6) is 0 Å². The second kappa shape index (κ2) is 9.06. The maximum absolute atomic E-state index is 12.0. The van der Waals surface area contributed by atoms with Crippen molar-refractivity contribution in [1.82, 2.24) is 15.5 Å². The van der Waals surface area contributed by atoms with E-state index in [0.717, 1.165) is 17.5 Å². The molecule has 27 heavy (non-hydrogen) atoms. The fourth-order valence-electron chi connectivity index (χ4n) is 2.43. The number of carbonyl (C=O) groups is 1. The molecule has 1 aromatic heterocycles. The van der Waals surface area contributed by atoms with Crippen molar-refractivity contribution in [2.45, 2.75) is 25.5 Å². The first kappa shape index (κ1) is 19.5. The zero-order valence-corrected chi connectivity index (χ0v) is 16.7. The largest absolute Gasteiger partial charge is 0.411 e. The summed E-state index contributed by atoms with van der Waals surface area (Å²) in [6.07, 6.45) is 0.755. The van der Waals surface area contributed by atoms with Gasteiger partial charge in [0.2, 0.25) is 11.8 Å². The highest BCUT2D eigenvalue weighted by Crippen LogP contribution is 2.24. The molecule has 0 radical (unpaired) electrons. The fraction of sp³-hybridized carbons (Fsp3) is 0.250. The van der Waals surface area contributed by atoms with Crippen LogP contribution in [0.2, 0.25) is 5.02 Å². The Morgan fingerprint density at radius 3 is 2.63 bits per heavy atom. The highest BCUT2D eigenvalue weighted by atomic mass is 35.5. The predicted octanol–water partition coefficient (Wildman–Crippen LogP) is 4.46. The Balaban J connectivity index is 1.45. The average Bonchev–Trinajstić information content (AvgIpc) is 3.13. The summed E-state index contributed by atoms with van der Waals surface area (Å²) in [6.45, 7) is 4.66. The lowest BCUT2D eigenvalue weighted by Crippen LogP contribution is -2.27. The molecule has 0 saturated heterocycles. The van der Waals surface area contributed by atoms with Gasteiger partial charge in [-0.2, -0.15) is 0 Å². The first-order valence-corrected chi connectivity index (χ1v) is 9.92. The molecule has 3 rings (SSSR count). The lowest BCUT2D eigenvalue weighted by Gasteiger charge is -2.04. The van der Waals surface area contributed by atoms with Crippen molar-refractivity contribution in [2.24, 2.45) is 0 Å². The van der Waals surface area contributed by atoms with Gasteiger partial charge in [-0.1, -0.05) is 41.6 Å². The van der Waals surface area contributed by atoms with Crippen LogP contribution >= 0.6 is 23.4 Å². The third-order valence-electron chi connectivity index (χ3n) is 4.14. The van der Waals surface area contributed by atoms with Crippen molar-refractivity contribution in [2.75, 3.05) is 12.3 Å². The molecule has 140 valence electrons. The van der Waals surface area contributed by atoms with Crippen LogP contribution in [0.3, 0.4) is 0 Å². The minimum absolute atomic E-state index is 0.0695. The Kier molecular flexibility index (Phi) is 6.53. The number of thioether (sulfide) groups is 1. The summed E-state index contributed by atoms with van der Waals surface area (Å²) < 4.78 is 5.65. The van der Waals surface area contributed by atoms with Gasteiger partial charge in [0.05, 0.1) is 5.75 Å². The van der Waals surface area contributed by atoms with Crippen LogP contribution in [-0.2, 0) is 11.2 Å². The molecule has 0 aliphatic rings. The number of benzene rings is 2. The first-order chi connectivity index (χ1) is 13.0. The third-order valence-corrected chi connectivity index (χ3v) is 5.21. The Labute approximate surface area is 167 Å². The molecule has 1 N–H and O–H groups in total. The fourth-order valence-corrected chi connectivity index (χ4v) is 3.15. The van der Waals surface area contributed by atoms with Crippen LogP contribution in [-0.4, -0.2) is 28.4 Å². The molecule has 0 spiro atoms. The monoisotopic (exact) mass is 401 g/mol. The summed E-state index contributed by atoms with van der Waals surface area (Å²) in [5.41, 5.74) is 4.38. The molecular formula is C20H20ClN3O2S. The number of nitrogens with zero attached hydrogens (tertiary/aromatic N) is 2. The highest BCUT2D eigenvalue weighted by molar-refractivity contribution is 7.99. The quantitative estimate of drug-likeness (QED) is 0.592. The van der Waals surface area contributed by atoms with E-state index in [9.17, 15) is 4.79 Å². The van der Waals surface area contributed by atoms with Crippen LogP contribution in [0.25, 0.3) is 11.5 Å². The highest BCUT2D eigenvalue weighted by Gasteiger charge is 2.11. The smallest absolute Gasteiger partial charge is 0.277 e. The van der Waals surface area contributed by atoms with Crippen molar-refractivity contribution in [3.63, 3.8) is 0 Å². The van der Waals surface area contributed by atoms with Crippen molar-refractivity contribution in [1.29, 1.82) is 0 Å². The van der Waals surface area contributed by atoms with Gasteiger partial charge in [-0.25, -0.2) is 0 Å². The van der Waals surface area contributed by atoms with Crippen LogP contribution < -0.4 is 5.32 Å². The van der Waals surface area contributed by atoms with E-state index in [1.54, 1.807) is 0 Å². The SMILES string of the molecule is Cc1ccc(-c2nnc(SCC(=O)NCCc3ccc(Cl)cc3)o2)cc1C. The summed E-state index contributed by atoms with van der Waals surface area (Å²) in [5, 5.41) is 12.0. The van der Waals surface area contributed by atoms with Crippen LogP contribution in [0.15, 0.2) is 52.1 Å². The minimum atomic E-state index is -0.0695. The number of amides is 1. The topological polar surface area (TPSA) is 68.0 Å². The molecule has 0 bridgehead atoms. The Hall–Kier alpha value is -2.31. The van der Waals surface area contributed by atoms with Crippen molar-refractivity contribution < 1.29 is 9.21 Å². The van der Waals surface area contributed by atoms with Gasteiger partial charge in [0.1, 0.15) is 0 Å². The lowest BCUT2D eigenvalue weighted by molar-refractivity contribution is -0.118. The summed E-state index contributed by atoms with van der Waals surface area (Å²) in [7, 11) is 0. The van der Waals surface area contributed by atoms with Crippen LogP contribution in [0, 0.1) is 13.8 Å². The molecule has 0 saturated carbocycles. The number of carbonyl (C=O) groups excluding carboxylic acids is 1. The maximum atomic E-state index is 12.0. The molecule has 1 heterocycles. The van der Waals surface area contributed by atoms with Gasteiger partial charge in [0, 0.05) is 17.1 Å². The van der Waals surface area contributed by atoms with Gasteiger partial charge >= 0.3 is 0 Å². The summed E-state index contributed by atoms with van der Waals surface area (Å²) in [4.78, 5) is 12.0. The second-order valence-corrected chi connectivity index (χ2v) is 7.55. The Morgan fingerprint density at radius 2 is 1.89 bits per heavy atom. The zero-order valence-electron chi connectivity index (χ0n) is 15.2. The average molecular weight is 402 g/mol.